The van der Waals surface area contributed by atoms with Gasteiger partial charge in [0.25, 0.3) is 5.91 Å². The lowest BCUT2D eigenvalue weighted by Gasteiger charge is -2.38. The van der Waals surface area contributed by atoms with Crippen molar-refractivity contribution in [3.63, 3.8) is 0 Å². The van der Waals surface area contributed by atoms with E-state index in [9.17, 15) is 4.79 Å². The lowest BCUT2D eigenvalue weighted by atomic mass is 10.1. The first-order valence-corrected chi connectivity index (χ1v) is 11.5. The number of carbonyl (C=O) groups is 1. The predicted octanol–water partition coefficient (Wildman–Crippen LogP) is 3.18. The van der Waals surface area contributed by atoms with E-state index in [0.29, 0.717) is 31.9 Å². The summed E-state index contributed by atoms with van der Waals surface area (Å²) in [6.07, 6.45) is 1.53. The van der Waals surface area contributed by atoms with Gasteiger partial charge in [0.15, 0.2) is 11.6 Å². The number of tetrazole rings is 1. The molecule has 1 aromatic carbocycles. The summed E-state index contributed by atoms with van der Waals surface area (Å²) in [5, 5.41) is 12.7. The van der Waals surface area contributed by atoms with Crippen LogP contribution in [0.4, 0.5) is 0 Å². The Morgan fingerprint density at radius 1 is 1.09 bits per heavy atom. The largest absolute Gasteiger partial charge is 0.497 e. The third-order valence-corrected chi connectivity index (χ3v) is 6.84. The number of ether oxygens (including phenoxy) is 1. The molecule has 0 aliphatic carbocycles. The van der Waals surface area contributed by atoms with Crippen LogP contribution in [0.3, 0.4) is 0 Å². The van der Waals surface area contributed by atoms with Crippen molar-refractivity contribution in [2.45, 2.75) is 13.0 Å². The zero-order valence-electron chi connectivity index (χ0n) is 18.4. The van der Waals surface area contributed by atoms with Crippen LogP contribution in [0.25, 0.3) is 5.69 Å². The Morgan fingerprint density at radius 3 is 2.52 bits per heavy atom. The Balaban J connectivity index is 1.43. The first-order valence-electron chi connectivity index (χ1n) is 10.7. The van der Waals surface area contributed by atoms with Gasteiger partial charge in [-0.2, -0.15) is 4.68 Å². The van der Waals surface area contributed by atoms with E-state index in [1.165, 1.54) is 16.0 Å². The smallest absolute Gasteiger partial charge is 0.289 e. The van der Waals surface area contributed by atoms with Crippen molar-refractivity contribution >= 4 is 17.2 Å². The SMILES string of the molecule is COc1ccc(-n2nnnc2C(c2ccc(C)s2)N2CCN(C(=O)c3ccco3)CC2)cc1. The summed E-state index contributed by atoms with van der Waals surface area (Å²) in [4.78, 5) is 19.3. The van der Waals surface area contributed by atoms with Gasteiger partial charge >= 0.3 is 0 Å². The van der Waals surface area contributed by atoms with Gasteiger partial charge in [-0.25, -0.2) is 0 Å². The fourth-order valence-corrected chi connectivity index (χ4v) is 5.09. The first kappa shape index (κ1) is 21.4. The van der Waals surface area contributed by atoms with Crippen molar-refractivity contribution in [2.75, 3.05) is 33.3 Å². The number of rotatable bonds is 6. The fourth-order valence-electron chi connectivity index (χ4n) is 4.08. The van der Waals surface area contributed by atoms with Gasteiger partial charge < -0.3 is 14.1 Å². The molecule has 0 radical (unpaired) electrons. The minimum absolute atomic E-state index is 0.0776. The van der Waals surface area contributed by atoms with Gasteiger partial charge in [-0.15, -0.1) is 16.4 Å². The molecule has 1 amide bonds. The second-order valence-corrected chi connectivity index (χ2v) is 9.12. The molecular formula is C23H24N6O3S. The van der Waals surface area contributed by atoms with Crippen molar-refractivity contribution in [3.05, 3.63) is 76.1 Å². The van der Waals surface area contributed by atoms with Gasteiger partial charge in [-0.3, -0.25) is 9.69 Å². The number of piperazine rings is 1. The number of amides is 1. The molecule has 9 nitrogen and oxygen atoms in total. The summed E-state index contributed by atoms with van der Waals surface area (Å²) in [6, 6.07) is 15.2. The summed E-state index contributed by atoms with van der Waals surface area (Å²) in [5.41, 5.74) is 0.862. The van der Waals surface area contributed by atoms with E-state index in [1.54, 1.807) is 35.3 Å². The van der Waals surface area contributed by atoms with Crippen LogP contribution in [0.5, 0.6) is 5.75 Å². The van der Waals surface area contributed by atoms with Crippen LogP contribution in [0.1, 0.15) is 32.2 Å². The maximum Gasteiger partial charge on any atom is 0.289 e. The molecule has 4 aromatic rings. The standard InChI is InChI=1S/C23H24N6O3S/c1-16-5-10-20(33-16)21(22-24-25-26-29(22)17-6-8-18(31-2)9-7-17)27-11-13-28(14-12-27)23(30)19-4-3-15-32-19/h3-10,15,21H,11-14H2,1-2H3. The number of furan rings is 1. The summed E-state index contributed by atoms with van der Waals surface area (Å²) in [6.45, 7) is 4.69. The molecule has 0 bridgehead atoms. The zero-order valence-corrected chi connectivity index (χ0v) is 19.2. The normalized spacial score (nSPS) is 15.5. The van der Waals surface area contributed by atoms with Gasteiger partial charge in [0, 0.05) is 35.9 Å². The van der Waals surface area contributed by atoms with E-state index in [2.05, 4.69) is 39.5 Å². The van der Waals surface area contributed by atoms with Crippen LogP contribution in [-0.2, 0) is 0 Å². The van der Waals surface area contributed by atoms with Gasteiger partial charge in [0.05, 0.1) is 19.1 Å². The molecule has 1 unspecified atom stereocenters. The molecule has 0 N–H and O–H groups in total. The van der Waals surface area contributed by atoms with Crippen molar-refractivity contribution in [2.24, 2.45) is 0 Å². The van der Waals surface area contributed by atoms with Gasteiger partial charge in [-0.1, -0.05) is 0 Å². The number of nitrogens with zero attached hydrogens (tertiary/aromatic N) is 6. The van der Waals surface area contributed by atoms with Crippen molar-refractivity contribution in [1.29, 1.82) is 0 Å². The highest BCUT2D eigenvalue weighted by molar-refractivity contribution is 7.12. The number of thiophene rings is 1. The molecule has 1 fully saturated rings. The minimum Gasteiger partial charge on any atom is -0.497 e. The average Bonchev–Trinajstić information content (AvgIpc) is 3.62. The Morgan fingerprint density at radius 2 is 1.88 bits per heavy atom. The van der Waals surface area contributed by atoms with Crippen LogP contribution in [0.15, 0.2) is 59.2 Å². The highest BCUT2D eigenvalue weighted by Gasteiger charge is 2.33. The fraction of sp³-hybridized carbons (Fsp3) is 0.304. The summed E-state index contributed by atoms with van der Waals surface area (Å²) in [5.74, 6) is 1.81. The van der Waals surface area contributed by atoms with Crippen LogP contribution in [-0.4, -0.2) is 69.2 Å². The Hall–Kier alpha value is -3.50. The van der Waals surface area contributed by atoms with Gasteiger partial charge in [0.2, 0.25) is 0 Å². The Labute approximate surface area is 195 Å². The lowest BCUT2D eigenvalue weighted by Crippen LogP contribution is -2.50. The quantitative estimate of drug-likeness (QED) is 0.433. The summed E-state index contributed by atoms with van der Waals surface area (Å²) >= 11 is 1.74. The predicted molar refractivity (Wildman–Crippen MR) is 123 cm³/mol. The van der Waals surface area contributed by atoms with Crippen LogP contribution >= 0.6 is 11.3 Å². The zero-order chi connectivity index (χ0) is 22.8. The molecule has 170 valence electrons. The molecule has 0 spiro atoms. The van der Waals surface area contributed by atoms with E-state index in [1.807, 2.05) is 29.2 Å². The molecule has 5 rings (SSSR count). The third-order valence-electron chi connectivity index (χ3n) is 5.78. The number of aryl methyl sites for hydroxylation is 1. The molecule has 1 saturated heterocycles. The number of benzene rings is 1. The Bertz CT molecular complexity index is 1210. The third kappa shape index (κ3) is 4.27. The molecule has 33 heavy (non-hydrogen) atoms. The van der Waals surface area contributed by atoms with Crippen LogP contribution < -0.4 is 4.74 Å². The molecule has 1 aliphatic heterocycles. The summed E-state index contributed by atoms with van der Waals surface area (Å²) < 4.78 is 12.4. The maximum atomic E-state index is 12.7. The van der Waals surface area contributed by atoms with Crippen LogP contribution in [0.2, 0.25) is 0 Å². The van der Waals surface area contributed by atoms with E-state index in [0.717, 1.165) is 17.3 Å². The van der Waals surface area contributed by atoms with E-state index in [-0.39, 0.29) is 11.9 Å². The minimum atomic E-state index is -0.123. The number of methoxy groups -OCH3 is 1. The molecule has 1 atom stereocenters. The number of hydrogen-bond donors (Lipinski definition) is 0. The van der Waals surface area contributed by atoms with Crippen molar-refractivity contribution in [3.8, 4) is 11.4 Å². The molecule has 1 aliphatic rings. The van der Waals surface area contributed by atoms with E-state index >= 15 is 0 Å². The Kier molecular flexibility index (Phi) is 5.93. The number of hydrogen-bond acceptors (Lipinski definition) is 8. The topological polar surface area (TPSA) is 89.5 Å². The number of aromatic nitrogens is 4. The van der Waals surface area contributed by atoms with Gasteiger partial charge in [-0.05, 0) is 65.9 Å². The number of carbonyl (C=O) groups excluding carboxylic acids is 1. The molecule has 4 heterocycles. The van der Waals surface area contributed by atoms with Gasteiger partial charge in [0.1, 0.15) is 11.8 Å². The van der Waals surface area contributed by atoms with Crippen molar-refractivity contribution < 1.29 is 13.9 Å². The van der Waals surface area contributed by atoms with E-state index in [4.69, 9.17) is 9.15 Å². The lowest BCUT2D eigenvalue weighted by molar-refractivity contribution is 0.0563. The van der Waals surface area contributed by atoms with Crippen molar-refractivity contribution in [1.82, 2.24) is 30.0 Å². The highest BCUT2D eigenvalue weighted by Crippen LogP contribution is 2.34. The second kappa shape index (κ2) is 9.16. The maximum absolute atomic E-state index is 12.7. The average molecular weight is 465 g/mol. The van der Waals surface area contributed by atoms with E-state index < -0.39 is 0 Å². The highest BCUT2D eigenvalue weighted by atomic mass is 32.1. The molecule has 10 heteroatoms. The monoisotopic (exact) mass is 464 g/mol. The molecular weight excluding hydrogens is 440 g/mol. The first-order chi connectivity index (χ1) is 16.1. The summed E-state index contributed by atoms with van der Waals surface area (Å²) in [7, 11) is 1.64. The molecule has 0 saturated carbocycles. The second-order valence-electron chi connectivity index (χ2n) is 7.80. The molecule has 3 aromatic heterocycles. The van der Waals surface area contributed by atoms with Crippen LogP contribution in [0, 0.1) is 6.92 Å².